The van der Waals surface area contributed by atoms with Crippen molar-refractivity contribution in [1.29, 1.82) is 0 Å². The molecule has 144 valence electrons. The predicted octanol–water partition coefficient (Wildman–Crippen LogP) is 3.10. The molecule has 27 heavy (non-hydrogen) atoms. The molecule has 0 unspecified atom stereocenters. The van der Waals surface area contributed by atoms with Gasteiger partial charge in [0, 0.05) is 50.3 Å². The lowest BCUT2D eigenvalue weighted by atomic mass is 10.1. The number of likely N-dealkylation sites (tertiary alicyclic amines) is 1. The minimum atomic E-state index is 0.0917. The maximum absolute atomic E-state index is 12.6. The van der Waals surface area contributed by atoms with Gasteiger partial charge in [-0.25, -0.2) is 4.98 Å². The van der Waals surface area contributed by atoms with E-state index >= 15 is 0 Å². The number of carbonyl (C=O) groups excluding carboxylic acids is 1. The van der Waals surface area contributed by atoms with E-state index in [1.165, 1.54) is 12.1 Å². The van der Waals surface area contributed by atoms with Crippen molar-refractivity contribution < 1.29 is 9.53 Å². The summed E-state index contributed by atoms with van der Waals surface area (Å²) in [4.78, 5) is 23.9. The molecule has 7 heteroatoms. The van der Waals surface area contributed by atoms with Gasteiger partial charge in [-0.3, -0.25) is 4.79 Å². The van der Waals surface area contributed by atoms with Crippen LogP contribution in [0, 0.1) is 0 Å². The van der Waals surface area contributed by atoms with E-state index in [0.717, 1.165) is 63.0 Å². The smallest absolute Gasteiger partial charge is 0.273 e. The van der Waals surface area contributed by atoms with Crippen LogP contribution in [0.2, 0.25) is 0 Å². The van der Waals surface area contributed by atoms with E-state index in [9.17, 15) is 4.79 Å². The molecule has 2 aliphatic heterocycles. The number of thiazole rings is 1. The molecule has 0 spiro atoms. The second-order valence-electron chi connectivity index (χ2n) is 7.04. The summed E-state index contributed by atoms with van der Waals surface area (Å²) >= 11 is 1.58. The predicted molar refractivity (Wildman–Crippen MR) is 109 cm³/mol. The van der Waals surface area contributed by atoms with E-state index in [-0.39, 0.29) is 5.91 Å². The standard InChI is InChI=1S/C20H26N4O2S/c1-26-17-7-5-16(6-8-17)22-11-13-24(14-12-22)20-21-18(15-27-20)19(25)23-9-3-2-4-10-23/h5-8,15H,2-4,9-14H2,1H3. The van der Waals surface area contributed by atoms with Gasteiger partial charge in [-0.1, -0.05) is 0 Å². The van der Waals surface area contributed by atoms with Gasteiger partial charge in [0.15, 0.2) is 5.13 Å². The number of anilines is 2. The summed E-state index contributed by atoms with van der Waals surface area (Å²) in [5.74, 6) is 0.972. The number of benzene rings is 1. The number of methoxy groups -OCH3 is 1. The molecular weight excluding hydrogens is 360 g/mol. The first-order valence-electron chi connectivity index (χ1n) is 9.63. The number of ether oxygens (including phenoxy) is 1. The zero-order valence-electron chi connectivity index (χ0n) is 15.8. The number of hydrogen-bond acceptors (Lipinski definition) is 6. The molecule has 3 heterocycles. The fraction of sp³-hybridized carbons (Fsp3) is 0.500. The summed E-state index contributed by atoms with van der Waals surface area (Å²) in [6.45, 7) is 5.45. The van der Waals surface area contributed by atoms with Crippen LogP contribution in [-0.2, 0) is 0 Å². The Bertz CT molecular complexity index is 763. The van der Waals surface area contributed by atoms with Crippen molar-refractivity contribution in [2.24, 2.45) is 0 Å². The van der Waals surface area contributed by atoms with Crippen molar-refractivity contribution in [3.8, 4) is 5.75 Å². The van der Waals surface area contributed by atoms with Gasteiger partial charge in [0.05, 0.1) is 7.11 Å². The molecule has 0 aliphatic carbocycles. The van der Waals surface area contributed by atoms with E-state index < -0.39 is 0 Å². The third-order valence-electron chi connectivity index (χ3n) is 5.34. The van der Waals surface area contributed by atoms with E-state index in [0.29, 0.717) is 5.69 Å². The molecule has 2 fully saturated rings. The molecule has 0 bridgehead atoms. The van der Waals surface area contributed by atoms with Crippen molar-refractivity contribution in [3.63, 3.8) is 0 Å². The molecule has 2 saturated heterocycles. The molecule has 4 rings (SSSR count). The van der Waals surface area contributed by atoms with Gasteiger partial charge in [0.2, 0.25) is 0 Å². The summed E-state index contributed by atoms with van der Waals surface area (Å²) in [6, 6.07) is 8.21. The van der Waals surface area contributed by atoms with Crippen LogP contribution < -0.4 is 14.5 Å². The summed E-state index contributed by atoms with van der Waals surface area (Å²) in [6.07, 6.45) is 3.44. The van der Waals surface area contributed by atoms with Crippen LogP contribution in [0.1, 0.15) is 29.8 Å². The molecule has 0 saturated carbocycles. The minimum absolute atomic E-state index is 0.0917. The molecule has 0 radical (unpaired) electrons. The summed E-state index contributed by atoms with van der Waals surface area (Å²) < 4.78 is 5.23. The van der Waals surface area contributed by atoms with Crippen LogP contribution >= 0.6 is 11.3 Å². The molecule has 1 amide bonds. The van der Waals surface area contributed by atoms with Crippen LogP contribution in [0.15, 0.2) is 29.6 Å². The van der Waals surface area contributed by atoms with Crippen molar-refractivity contribution >= 4 is 28.1 Å². The minimum Gasteiger partial charge on any atom is -0.497 e. The first kappa shape index (κ1) is 18.1. The van der Waals surface area contributed by atoms with E-state index in [2.05, 4.69) is 26.9 Å². The molecular formula is C20H26N4O2S. The average Bonchev–Trinajstić information content (AvgIpc) is 3.24. The molecule has 2 aromatic rings. The quantitative estimate of drug-likeness (QED) is 0.808. The summed E-state index contributed by atoms with van der Waals surface area (Å²) in [7, 11) is 1.69. The van der Waals surface area contributed by atoms with Crippen LogP contribution in [0.4, 0.5) is 10.8 Å². The first-order chi connectivity index (χ1) is 13.2. The summed E-state index contributed by atoms with van der Waals surface area (Å²) in [5.41, 5.74) is 1.82. The van der Waals surface area contributed by atoms with Gasteiger partial charge in [0.1, 0.15) is 11.4 Å². The van der Waals surface area contributed by atoms with Crippen molar-refractivity contribution in [2.45, 2.75) is 19.3 Å². The van der Waals surface area contributed by atoms with Gasteiger partial charge in [-0.15, -0.1) is 11.3 Å². The highest BCUT2D eigenvalue weighted by molar-refractivity contribution is 7.13. The number of piperazine rings is 1. The highest BCUT2D eigenvalue weighted by atomic mass is 32.1. The van der Waals surface area contributed by atoms with Crippen LogP contribution in [0.3, 0.4) is 0 Å². The Kier molecular flexibility index (Phi) is 5.48. The highest BCUT2D eigenvalue weighted by Gasteiger charge is 2.24. The highest BCUT2D eigenvalue weighted by Crippen LogP contribution is 2.26. The average molecular weight is 387 g/mol. The van der Waals surface area contributed by atoms with Crippen molar-refractivity contribution in [3.05, 3.63) is 35.3 Å². The maximum Gasteiger partial charge on any atom is 0.273 e. The molecule has 1 aromatic carbocycles. The molecule has 0 atom stereocenters. The van der Waals surface area contributed by atoms with Crippen LogP contribution in [0.5, 0.6) is 5.75 Å². The second kappa shape index (κ2) is 8.17. The van der Waals surface area contributed by atoms with Crippen molar-refractivity contribution in [1.82, 2.24) is 9.88 Å². The van der Waals surface area contributed by atoms with E-state index in [4.69, 9.17) is 4.74 Å². The number of rotatable bonds is 4. The molecule has 0 N–H and O–H groups in total. The van der Waals surface area contributed by atoms with Crippen LogP contribution in [-0.4, -0.2) is 62.2 Å². The van der Waals surface area contributed by atoms with Crippen molar-refractivity contribution in [2.75, 3.05) is 56.2 Å². The molecule has 1 aromatic heterocycles. The SMILES string of the molecule is COc1ccc(N2CCN(c3nc(C(=O)N4CCCCC4)cs3)CC2)cc1. The second-order valence-corrected chi connectivity index (χ2v) is 7.88. The Morgan fingerprint density at radius 1 is 0.963 bits per heavy atom. The number of amides is 1. The molecule has 2 aliphatic rings. The fourth-order valence-electron chi connectivity index (χ4n) is 3.72. The fourth-order valence-corrected chi connectivity index (χ4v) is 4.57. The lowest BCUT2D eigenvalue weighted by molar-refractivity contribution is 0.0719. The number of carbonyl (C=O) groups is 1. The topological polar surface area (TPSA) is 48.9 Å². The number of aromatic nitrogens is 1. The zero-order chi connectivity index (χ0) is 18.6. The number of nitrogens with zero attached hydrogens (tertiary/aromatic N) is 4. The number of piperidine rings is 1. The Hall–Kier alpha value is -2.28. The zero-order valence-corrected chi connectivity index (χ0v) is 16.6. The maximum atomic E-state index is 12.6. The monoisotopic (exact) mass is 386 g/mol. The van der Waals surface area contributed by atoms with Gasteiger partial charge < -0.3 is 19.4 Å². The summed E-state index contributed by atoms with van der Waals surface area (Å²) in [5, 5.41) is 2.88. The van der Waals surface area contributed by atoms with E-state index in [1.54, 1.807) is 18.4 Å². The molecule has 6 nitrogen and oxygen atoms in total. The first-order valence-corrected chi connectivity index (χ1v) is 10.5. The Morgan fingerprint density at radius 2 is 1.63 bits per heavy atom. The Labute approximate surface area is 164 Å². The Balaban J connectivity index is 1.35. The number of hydrogen-bond donors (Lipinski definition) is 0. The lowest BCUT2D eigenvalue weighted by Crippen LogP contribution is -2.46. The lowest BCUT2D eigenvalue weighted by Gasteiger charge is -2.36. The van der Waals surface area contributed by atoms with E-state index in [1.807, 2.05) is 22.4 Å². The van der Waals surface area contributed by atoms with Gasteiger partial charge >= 0.3 is 0 Å². The van der Waals surface area contributed by atoms with Gasteiger partial charge in [0.25, 0.3) is 5.91 Å². The Morgan fingerprint density at radius 3 is 2.30 bits per heavy atom. The van der Waals surface area contributed by atoms with Gasteiger partial charge in [-0.05, 0) is 43.5 Å². The largest absolute Gasteiger partial charge is 0.497 e. The third kappa shape index (κ3) is 4.03. The van der Waals surface area contributed by atoms with Gasteiger partial charge in [-0.2, -0.15) is 0 Å². The van der Waals surface area contributed by atoms with Crippen LogP contribution in [0.25, 0.3) is 0 Å². The normalized spacial score (nSPS) is 17.9. The third-order valence-corrected chi connectivity index (χ3v) is 6.24.